The van der Waals surface area contributed by atoms with Gasteiger partial charge in [-0.05, 0) is 68.8 Å². The average Bonchev–Trinajstić information content (AvgIpc) is 2.78. The molecule has 1 amide bonds. The minimum Gasteiger partial charge on any atom is -0.495 e. The average molecular weight is 485 g/mol. The fraction of sp³-hybridized carbons (Fsp3) is 0.240. The monoisotopic (exact) mass is 484 g/mol. The third-order valence-corrected chi connectivity index (χ3v) is 7.50. The molecule has 0 spiro atoms. The third-order valence-electron chi connectivity index (χ3n) is 4.76. The van der Waals surface area contributed by atoms with Crippen LogP contribution in [0.4, 0.5) is 5.69 Å². The molecule has 0 radical (unpaired) electrons. The van der Waals surface area contributed by atoms with Crippen LogP contribution in [0.25, 0.3) is 0 Å². The number of carbonyl (C=O) groups is 1. The summed E-state index contributed by atoms with van der Waals surface area (Å²) in [5.74, 6) is 0.817. The Hall–Kier alpha value is -2.81. The molecule has 0 saturated carbocycles. The van der Waals surface area contributed by atoms with Gasteiger partial charge in [0, 0.05) is 22.3 Å². The van der Waals surface area contributed by atoms with E-state index in [1.165, 1.54) is 35.8 Å². The van der Waals surface area contributed by atoms with Crippen molar-refractivity contribution < 1.29 is 17.9 Å². The molecule has 2 N–H and O–H groups in total. The standard InChI is InChI=1S/C25H28N2O4S2/c1-17(2)27-33(29,30)22-13-14-24(31-4)23(15-22)26-25(28)20-9-7-19(8-10-20)16-32-21-11-5-18(3)6-12-21/h5-15,17,27H,16H2,1-4H3,(H,26,28). The summed E-state index contributed by atoms with van der Waals surface area (Å²) < 4.78 is 32.8. The van der Waals surface area contributed by atoms with Crippen molar-refractivity contribution in [2.45, 2.75) is 42.4 Å². The van der Waals surface area contributed by atoms with Crippen LogP contribution in [0.3, 0.4) is 0 Å². The number of nitrogens with one attached hydrogen (secondary N) is 2. The minimum absolute atomic E-state index is 0.0516. The lowest BCUT2D eigenvalue weighted by Gasteiger charge is -2.14. The molecule has 174 valence electrons. The van der Waals surface area contributed by atoms with Gasteiger partial charge in [0.25, 0.3) is 5.91 Å². The van der Waals surface area contributed by atoms with Gasteiger partial charge in [0.2, 0.25) is 10.0 Å². The van der Waals surface area contributed by atoms with Gasteiger partial charge in [-0.3, -0.25) is 4.79 Å². The molecule has 6 nitrogen and oxygen atoms in total. The second kappa shape index (κ2) is 10.9. The van der Waals surface area contributed by atoms with Crippen LogP contribution in [-0.4, -0.2) is 27.5 Å². The Balaban J connectivity index is 1.71. The van der Waals surface area contributed by atoms with Crippen LogP contribution in [0.1, 0.15) is 35.3 Å². The van der Waals surface area contributed by atoms with Crippen molar-refractivity contribution in [1.82, 2.24) is 4.72 Å². The Bertz CT molecular complexity index is 1210. The van der Waals surface area contributed by atoms with Gasteiger partial charge in [-0.1, -0.05) is 29.8 Å². The molecule has 33 heavy (non-hydrogen) atoms. The van der Waals surface area contributed by atoms with E-state index in [2.05, 4.69) is 41.2 Å². The predicted molar refractivity (Wildman–Crippen MR) is 134 cm³/mol. The topological polar surface area (TPSA) is 84.5 Å². The van der Waals surface area contributed by atoms with Crippen molar-refractivity contribution in [2.24, 2.45) is 0 Å². The van der Waals surface area contributed by atoms with E-state index in [-0.39, 0.29) is 22.5 Å². The SMILES string of the molecule is COc1ccc(S(=O)(=O)NC(C)C)cc1NC(=O)c1ccc(CSc2ccc(C)cc2)cc1. The maximum absolute atomic E-state index is 12.8. The molecule has 0 heterocycles. The van der Waals surface area contributed by atoms with Crippen molar-refractivity contribution in [3.63, 3.8) is 0 Å². The normalized spacial score (nSPS) is 11.4. The van der Waals surface area contributed by atoms with E-state index in [4.69, 9.17) is 4.74 Å². The zero-order valence-corrected chi connectivity index (χ0v) is 20.7. The van der Waals surface area contributed by atoms with E-state index >= 15 is 0 Å². The maximum Gasteiger partial charge on any atom is 0.255 e. The van der Waals surface area contributed by atoms with Crippen molar-refractivity contribution in [3.8, 4) is 5.75 Å². The molecule has 0 atom stereocenters. The summed E-state index contributed by atoms with van der Waals surface area (Å²) in [5, 5.41) is 2.76. The van der Waals surface area contributed by atoms with Gasteiger partial charge in [-0.25, -0.2) is 13.1 Å². The number of aryl methyl sites for hydroxylation is 1. The van der Waals surface area contributed by atoms with E-state index in [1.54, 1.807) is 37.7 Å². The van der Waals surface area contributed by atoms with Crippen molar-refractivity contribution in [2.75, 3.05) is 12.4 Å². The molecule has 3 aromatic carbocycles. The Morgan fingerprint density at radius 1 is 1.00 bits per heavy atom. The highest BCUT2D eigenvalue weighted by Gasteiger charge is 2.19. The Kier molecular flexibility index (Phi) is 8.18. The molecule has 0 unspecified atom stereocenters. The Labute approximate surface area is 199 Å². The largest absolute Gasteiger partial charge is 0.495 e. The van der Waals surface area contributed by atoms with E-state index in [9.17, 15) is 13.2 Å². The predicted octanol–water partition coefficient (Wildman–Crippen LogP) is 5.23. The highest BCUT2D eigenvalue weighted by Crippen LogP contribution is 2.28. The summed E-state index contributed by atoms with van der Waals surface area (Å²) in [6.45, 7) is 5.55. The molecular weight excluding hydrogens is 456 g/mol. The van der Waals surface area contributed by atoms with Gasteiger partial charge in [-0.2, -0.15) is 0 Å². The van der Waals surface area contributed by atoms with E-state index < -0.39 is 10.0 Å². The fourth-order valence-corrected chi connectivity index (χ4v) is 5.21. The Morgan fingerprint density at radius 2 is 1.67 bits per heavy atom. The molecule has 0 aliphatic carbocycles. The number of anilines is 1. The zero-order chi connectivity index (χ0) is 24.0. The zero-order valence-electron chi connectivity index (χ0n) is 19.1. The first kappa shape index (κ1) is 24.8. The number of thioether (sulfide) groups is 1. The summed E-state index contributed by atoms with van der Waals surface area (Å²) in [6, 6.07) is 19.8. The molecule has 0 aromatic heterocycles. The van der Waals surface area contributed by atoms with Crippen molar-refractivity contribution >= 4 is 33.4 Å². The molecule has 3 aromatic rings. The van der Waals surface area contributed by atoms with E-state index in [1.807, 2.05) is 12.1 Å². The Morgan fingerprint density at radius 3 is 2.27 bits per heavy atom. The van der Waals surface area contributed by atoms with Crippen molar-refractivity contribution in [1.29, 1.82) is 0 Å². The number of rotatable bonds is 9. The van der Waals surface area contributed by atoms with Gasteiger partial charge in [0.15, 0.2) is 0 Å². The number of hydrogen-bond donors (Lipinski definition) is 2. The number of benzene rings is 3. The van der Waals surface area contributed by atoms with Crippen LogP contribution >= 0.6 is 11.8 Å². The molecule has 3 rings (SSSR count). The first-order chi connectivity index (χ1) is 15.7. The lowest BCUT2D eigenvalue weighted by atomic mass is 10.1. The maximum atomic E-state index is 12.8. The summed E-state index contributed by atoms with van der Waals surface area (Å²) in [7, 11) is -2.24. The van der Waals surface area contributed by atoms with Crippen LogP contribution < -0.4 is 14.8 Å². The van der Waals surface area contributed by atoms with Gasteiger partial charge in [0.1, 0.15) is 5.75 Å². The number of ether oxygens (including phenoxy) is 1. The van der Waals surface area contributed by atoms with Crippen LogP contribution in [0.5, 0.6) is 5.75 Å². The van der Waals surface area contributed by atoms with E-state index in [0.717, 1.165) is 11.3 Å². The van der Waals surface area contributed by atoms with E-state index in [0.29, 0.717) is 11.3 Å². The summed E-state index contributed by atoms with van der Waals surface area (Å²) in [5.41, 5.74) is 3.08. The van der Waals surface area contributed by atoms with Gasteiger partial charge >= 0.3 is 0 Å². The lowest BCUT2D eigenvalue weighted by molar-refractivity contribution is 0.102. The highest BCUT2D eigenvalue weighted by molar-refractivity contribution is 7.98. The first-order valence-electron chi connectivity index (χ1n) is 10.5. The minimum atomic E-state index is -3.70. The van der Waals surface area contributed by atoms with Crippen molar-refractivity contribution in [3.05, 3.63) is 83.4 Å². The summed E-state index contributed by atoms with van der Waals surface area (Å²) in [4.78, 5) is 14.0. The van der Waals surface area contributed by atoms with Gasteiger partial charge in [0.05, 0.1) is 17.7 Å². The molecule has 0 bridgehead atoms. The first-order valence-corrected chi connectivity index (χ1v) is 12.9. The quantitative estimate of drug-likeness (QED) is 0.406. The van der Waals surface area contributed by atoms with Crippen LogP contribution in [-0.2, 0) is 15.8 Å². The van der Waals surface area contributed by atoms with Gasteiger partial charge in [-0.15, -0.1) is 11.8 Å². The van der Waals surface area contributed by atoms with Crippen LogP contribution in [0.15, 0.2) is 76.5 Å². The van der Waals surface area contributed by atoms with Crippen LogP contribution in [0, 0.1) is 6.92 Å². The fourth-order valence-electron chi connectivity index (χ4n) is 3.08. The number of carbonyl (C=O) groups excluding carboxylic acids is 1. The summed E-state index contributed by atoms with van der Waals surface area (Å²) in [6.07, 6.45) is 0. The lowest BCUT2D eigenvalue weighted by Crippen LogP contribution is -2.30. The third kappa shape index (κ3) is 6.83. The molecular formula is C25H28N2O4S2. The number of sulfonamides is 1. The molecule has 8 heteroatoms. The molecule has 0 saturated heterocycles. The summed E-state index contributed by atoms with van der Waals surface area (Å²) >= 11 is 1.73. The van der Waals surface area contributed by atoms with Gasteiger partial charge < -0.3 is 10.1 Å². The number of hydrogen-bond acceptors (Lipinski definition) is 5. The molecule has 0 aliphatic heterocycles. The smallest absolute Gasteiger partial charge is 0.255 e. The molecule has 0 aliphatic rings. The number of amides is 1. The van der Waals surface area contributed by atoms with Crippen LogP contribution in [0.2, 0.25) is 0 Å². The molecule has 0 fully saturated rings. The number of methoxy groups -OCH3 is 1. The highest BCUT2D eigenvalue weighted by atomic mass is 32.2. The second-order valence-corrected chi connectivity index (χ2v) is 10.7. The second-order valence-electron chi connectivity index (χ2n) is 7.89.